The van der Waals surface area contributed by atoms with E-state index in [1.54, 1.807) is 37.4 Å². The molecule has 4 aromatic rings. The lowest BCUT2D eigenvalue weighted by atomic mass is 10.1. The first-order valence-electron chi connectivity index (χ1n) is 10.4. The highest BCUT2D eigenvalue weighted by atomic mass is 19.4. The molecule has 1 amide bonds. The second-order valence-electron chi connectivity index (χ2n) is 7.66. The lowest BCUT2D eigenvalue weighted by Crippen LogP contribution is -2.22. The average molecular weight is 483 g/mol. The van der Waals surface area contributed by atoms with Gasteiger partial charge in [-0.15, -0.1) is 0 Å². The van der Waals surface area contributed by atoms with Crippen LogP contribution in [0.15, 0.2) is 71.9 Å². The van der Waals surface area contributed by atoms with E-state index in [4.69, 9.17) is 4.74 Å². The molecule has 1 aromatic carbocycles. The Morgan fingerprint density at radius 3 is 2.40 bits per heavy atom. The fraction of sp³-hybridized carbons (Fsp3) is 0.167. The first-order valence-corrected chi connectivity index (χ1v) is 10.4. The Bertz CT molecular complexity index is 1360. The number of carbonyl (C=O) groups excluding carboxylic acids is 1. The molecule has 0 aliphatic rings. The van der Waals surface area contributed by atoms with E-state index in [0.717, 1.165) is 12.1 Å². The molecule has 3 aromatic heterocycles. The molecule has 0 spiro atoms. The average Bonchev–Trinajstić information content (AvgIpc) is 3.13. The molecule has 0 atom stereocenters. The molecule has 180 valence electrons. The van der Waals surface area contributed by atoms with Crippen LogP contribution in [-0.4, -0.2) is 25.7 Å². The van der Waals surface area contributed by atoms with Crippen molar-refractivity contribution in [1.82, 2.24) is 19.7 Å². The number of rotatable bonds is 7. The quantitative estimate of drug-likeness (QED) is 0.409. The van der Waals surface area contributed by atoms with Crippen molar-refractivity contribution < 1.29 is 22.7 Å². The molecule has 11 heteroatoms. The van der Waals surface area contributed by atoms with E-state index in [1.807, 2.05) is 0 Å². The van der Waals surface area contributed by atoms with Crippen LogP contribution in [0.3, 0.4) is 0 Å². The van der Waals surface area contributed by atoms with Crippen molar-refractivity contribution in [2.24, 2.45) is 0 Å². The van der Waals surface area contributed by atoms with E-state index in [-0.39, 0.29) is 18.9 Å². The van der Waals surface area contributed by atoms with Gasteiger partial charge in [0.1, 0.15) is 5.69 Å². The minimum atomic E-state index is -4.38. The number of amides is 1. The van der Waals surface area contributed by atoms with E-state index < -0.39 is 23.2 Å². The Kier molecular flexibility index (Phi) is 6.78. The van der Waals surface area contributed by atoms with Gasteiger partial charge in [0.25, 0.3) is 11.5 Å². The van der Waals surface area contributed by atoms with Crippen LogP contribution >= 0.6 is 0 Å². The van der Waals surface area contributed by atoms with Crippen LogP contribution in [0.25, 0.3) is 5.82 Å². The summed E-state index contributed by atoms with van der Waals surface area (Å²) in [6, 6.07) is 11.3. The van der Waals surface area contributed by atoms with E-state index >= 15 is 0 Å². The molecule has 0 aliphatic carbocycles. The summed E-state index contributed by atoms with van der Waals surface area (Å²) < 4.78 is 44.7. The smallest absolute Gasteiger partial charge is 0.372 e. The predicted octanol–water partition coefficient (Wildman–Crippen LogP) is 4.25. The van der Waals surface area contributed by atoms with Crippen molar-refractivity contribution in [3.63, 3.8) is 0 Å². The van der Waals surface area contributed by atoms with Crippen LogP contribution in [0.4, 0.5) is 18.9 Å². The van der Waals surface area contributed by atoms with Crippen LogP contribution < -0.4 is 10.9 Å². The van der Waals surface area contributed by atoms with Gasteiger partial charge in [-0.3, -0.25) is 19.7 Å². The van der Waals surface area contributed by atoms with Crippen molar-refractivity contribution in [1.29, 1.82) is 0 Å². The molecule has 35 heavy (non-hydrogen) atoms. The van der Waals surface area contributed by atoms with Gasteiger partial charge in [-0.25, -0.2) is 4.98 Å². The van der Waals surface area contributed by atoms with Gasteiger partial charge >= 0.3 is 6.18 Å². The zero-order valence-corrected chi connectivity index (χ0v) is 18.5. The van der Waals surface area contributed by atoms with Crippen molar-refractivity contribution in [3.05, 3.63) is 105 Å². The monoisotopic (exact) mass is 483 g/mol. The van der Waals surface area contributed by atoms with Crippen LogP contribution in [0, 0.1) is 6.92 Å². The van der Waals surface area contributed by atoms with Gasteiger partial charge in [-0.1, -0.05) is 18.2 Å². The van der Waals surface area contributed by atoms with Gasteiger partial charge in [0, 0.05) is 18.6 Å². The summed E-state index contributed by atoms with van der Waals surface area (Å²) in [6.07, 6.45) is 0.0902. The van der Waals surface area contributed by atoms with Crippen LogP contribution in [0.1, 0.15) is 32.7 Å². The second kappa shape index (κ2) is 9.94. The number of aromatic amines is 1. The molecule has 0 bridgehead atoms. The molecule has 0 fully saturated rings. The molecule has 8 nitrogen and oxygen atoms in total. The largest absolute Gasteiger partial charge is 0.416 e. The standard InChI is InChI=1S/C24H20F3N5O3/c1-15-21(30-22(33)18-3-2-10-28-12-18)23(34)32(31-15)20-9-6-17(11-29-20)14-35-13-16-4-7-19(8-5-16)24(25,26)27/h2-12,31H,13-14H2,1H3,(H,30,33). The number of pyridine rings is 2. The Morgan fingerprint density at radius 1 is 1.06 bits per heavy atom. The van der Waals surface area contributed by atoms with E-state index in [9.17, 15) is 22.8 Å². The number of benzene rings is 1. The number of nitrogens with zero attached hydrogens (tertiary/aromatic N) is 3. The summed E-state index contributed by atoms with van der Waals surface area (Å²) >= 11 is 0. The Balaban J connectivity index is 1.38. The number of halogens is 3. The normalized spacial score (nSPS) is 11.4. The zero-order valence-electron chi connectivity index (χ0n) is 18.5. The molecule has 0 saturated carbocycles. The topological polar surface area (TPSA) is 102 Å². The summed E-state index contributed by atoms with van der Waals surface area (Å²) in [7, 11) is 0. The predicted molar refractivity (Wildman–Crippen MR) is 121 cm³/mol. The van der Waals surface area contributed by atoms with E-state index in [1.165, 1.54) is 29.2 Å². The number of alkyl halides is 3. The molecule has 0 saturated heterocycles. The molecule has 3 heterocycles. The van der Waals surface area contributed by atoms with E-state index in [2.05, 4.69) is 20.4 Å². The van der Waals surface area contributed by atoms with Gasteiger partial charge < -0.3 is 10.1 Å². The van der Waals surface area contributed by atoms with E-state index in [0.29, 0.717) is 28.2 Å². The number of carbonyl (C=O) groups is 1. The van der Waals surface area contributed by atoms with Gasteiger partial charge in [0.2, 0.25) is 0 Å². The van der Waals surface area contributed by atoms with Gasteiger partial charge in [-0.05, 0) is 48.4 Å². The second-order valence-corrected chi connectivity index (χ2v) is 7.66. The Morgan fingerprint density at radius 2 is 1.77 bits per heavy atom. The van der Waals surface area contributed by atoms with Crippen LogP contribution in [0.5, 0.6) is 0 Å². The number of nitrogens with one attached hydrogen (secondary N) is 2. The summed E-state index contributed by atoms with van der Waals surface area (Å²) in [5.41, 5.74) is 1.01. The van der Waals surface area contributed by atoms with Crippen LogP contribution in [0.2, 0.25) is 0 Å². The zero-order chi connectivity index (χ0) is 25.0. The fourth-order valence-corrected chi connectivity index (χ4v) is 3.25. The lowest BCUT2D eigenvalue weighted by Gasteiger charge is -2.08. The molecule has 0 unspecified atom stereocenters. The van der Waals surface area contributed by atoms with Crippen molar-refractivity contribution >= 4 is 11.6 Å². The lowest BCUT2D eigenvalue weighted by molar-refractivity contribution is -0.137. The highest BCUT2D eigenvalue weighted by molar-refractivity contribution is 6.04. The minimum absolute atomic E-state index is 0.101. The Hall–Kier alpha value is -4.25. The maximum atomic E-state index is 12.8. The van der Waals surface area contributed by atoms with Crippen LogP contribution in [-0.2, 0) is 24.1 Å². The maximum Gasteiger partial charge on any atom is 0.416 e. The third kappa shape index (κ3) is 5.64. The first kappa shape index (κ1) is 23.9. The number of anilines is 1. The number of hydrogen-bond donors (Lipinski definition) is 2. The summed E-state index contributed by atoms with van der Waals surface area (Å²) in [6.45, 7) is 1.97. The van der Waals surface area contributed by atoms with Crippen molar-refractivity contribution in [2.75, 3.05) is 5.32 Å². The highest BCUT2D eigenvalue weighted by Crippen LogP contribution is 2.29. The third-order valence-electron chi connectivity index (χ3n) is 5.09. The van der Waals surface area contributed by atoms with Crippen molar-refractivity contribution in [3.8, 4) is 5.82 Å². The van der Waals surface area contributed by atoms with Gasteiger partial charge in [0.05, 0.1) is 30.0 Å². The fourth-order valence-electron chi connectivity index (χ4n) is 3.25. The number of H-pyrrole nitrogens is 1. The summed E-state index contributed by atoms with van der Waals surface area (Å²) in [5, 5.41) is 5.48. The molecule has 0 aliphatic heterocycles. The van der Waals surface area contributed by atoms with Crippen molar-refractivity contribution in [2.45, 2.75) is 26.3 Å². The Labute approximate surface area is 197 Å². The number of ether oxygens (including phenoxy) is 1. The highest BCUT2D eigenvalue weighted by Gasteiger charge is 2.29. The van der Waals surface area contributed by atoms with Gasteiger partial charge in [-0.2, -0.15) is 17.9 Å². The first-order chi connectivity index (χ1) is 16.7. The minimum Gasteiger partial charge on any atom is -0.372 e. The number of hydrogen-bond acceptors (Lipinski definition) is 5. The maximum absolute atomic E-state index is 12.8. The van der Waals surface area contributed by atoms with Gasteiger partial charge in [0.15, 0.2) is 5.82 Å². The SMILES string of the molecule is Cc1[nH]n(-c2ccc(COCc3ccc(C(F)(F)F)cc3)cn2)c(=O)c1NC(=O)c1cccnc1. The molecular formula is C24H20F3N5O3. The summed E-state index contributed by atoms with van der Waals surface area (Å²) in [4.78, 5) is 33.4. The number of aromatic nitrogens is 4. The molecule has 0 radical (unpaired) electrons. The third-order valence-corrected chi connectivity index (χ3v) is 5.09. The molecular weight excluding hydrogens is 463 g/mol. The molecule has 2 N–H and O–H groups in total. The summed E-state index contributed by atoms with van der Waals surface area (Å²) in [5.74, 6) is -0.149. The number of aryl methyl sites for hydroxylation is 1. The molecule has 4 rings (SSSR count).